The van der Waals surface area contributed by atoms with Crippen molar-refractivity contribution in [2.75, 3.05) is 19.5 Å². The maximum atomic E-state index is 5.17. The average molecular weight is 244 g/mol. The summed E-state index contributed by atoms with van der Waals surface area (Å²) in [6.45, 7) is 0.643. The molecule has 1 N–H and O–H groups in total. The van der Waals surface area contributed by atoms with Crippen molar-refractivity contribution in [3.63, 3.8) is 0 Å². The molecule has 0 amide bonds. The van der Waals surface area contributed by atoms with Crippen LogP contribution in [0.1, 0.15) is 5.69 Å². The molecule has 0 bridgehead atoms. The third-order valence-electron chi connectivity index (χ3n) is 2.53. The van der Waals surface area contributed by atoms with E-state index in [4.69, 9.17) is 9.47 Å². The molecular weight excluding hydrogens is 228 g/mol. The van der Waals surface area contributed by atoms with Crippen molar-refractivity contribution >= 4 is 5.69 Å². The van der Waals surface area contributed by atoms with Crippen LogP contribution in [0.4, 0.5) is 5.69 Å². The molecule has 0 spiro atoms. The molecule has 4 nitrogen and oxygen atoms in total. The van der Waals surface area contributed by atoms with E-state index >= 15 is 0 Å². The lowest BCUT2D eigenvalue weighted by Crippen LogP contribution is -2.02. The van der Waals surface area contributed by atoms with Crippen LogP contribution in [0.3, 0.4) is 0 Å². The van der Waals surface area contributed by atoms with Crippen molar-refractivity contribution in [2.45, 2.75) is 6.54 Å². The molecule has 0 saturated heterocycles. The molecule has 2 aromatic rings. The van der Waals surface area contributed by atoms with Gasteiger partial charge in [0.05, 0.1) is 26.5 Å². The molecule has 0 atom stereocenters. The smallest absolute Gasteiger partial charge is 0.213 e. The zero-order valence-corrected chi connectivity index (χ0v) is 10.5. The number of aromatic nitrogens is 1. The molecule has 4 heteroatoms. The fraction of sp³-hybridized carbons (Fsp3) is 0.214. The van der Waals surface area contributed by atoms with Gasteiger partial charge in [-0.1, -0.05) is 12.1 Å². The number of hydrogen-bond acceptors (Lipinski definition) is 4. The number of nitrogens with zero attached hydrogens (tertiary/aromatic N) is 1. The Hall–Kier alpha value is -2.23. The van der Waals surface area contributed by atoms with E-state index < -0.39 is 0 Å². The SMILES string of the molecule is COc1cccc(NCc2cccc(OC)n2)c1. The molecule has 0 saturated carbocycles. The average Bonchev–Trinajstić information content (AvgIpc) is 2.45. The molecular formula is C14H16N2O2. The van der Waals surface area contributed by atoms with Gasteiger partial charge in [0.2, 0.25) is 5.88 Å². The fourth-order valence-electron chi connectivity index (χ4n) is 1.60. The predicted molar refractivity (Wildman–Crippen MR) is 71.1 cm³/mol. The van der Waals surface area contributed by atoms with Crippen molar-refractivity contribution in [3.8, 4) is 11.6 Å². The summed E-state index contributed by atoms with van der Waals surface area (Å²) < 4.78 is 10.3. The number of hydrogen-bond donors (Lipinski definition) is 1. The summed E-state index contributed by atoms with van der Waals surface area (Å²) in [7, 11) is 3.27. The zero-order valence-electron chi connectivity index (χ0n) is 10.5. The highest BCUT2D eigenvalue weighted by Crippen LogP contribution is 2.17. The summed E-state index contributed by atoms with van der Waals surface area (Å²) in [6.07, 6.45) is 0. The standard InChI is InChI=1S/C14H16N2O2/c1-17-13-7-3-5-11(9-13)15-10-12-6-4-8-14(16-12)18-2/h3-9,15H,10H2,1-2H3. The molecule has 0 radical (unpaired) electrons. The van der Waals surface area contributed by atoms with Crippen LogP contribution in [-0.2, 0) is 6.54 Å². The van der Waals surface area contributed by atoms with Gasteiger partial charge in [-0.3, -0.25) is 0 Å². The first kappa shape index (κ1) is 12.2. The van der Waals surface area contributed by atoms with E-state index in [0.717, 1.165) is 17.1 Å². The molecule has 1 aromatic heterocycles. The van der Waals surface area contributed by atoms with E-state index in [-0.39, 0.29) is 0 Å². The molecule has 0 aliphatic heterocycles. The van der Waals surface area contributed by atoms with Crippen LogP contribution in [0.25, 0.3) is 0 Å². The summed E-state index contributed by atoms with van der Waals surface area (Å²) >= 11 is 0. The lowest BCUT2D eigenvalue weighted by atomic mass is 10.3. The van der Waals surface area contributed by atoms with Gasteiger partial charge in [-0.15, -0.1) is 0 Å². The first-order chi connectivity index (χ1) is 8.81. The van der Waals surface area contributed by atoms with E-state index in [2.05, 4.69) is 10.3 Å². The van der Waals surface area contributed by atoms with Gasteiger partial charge in [0.1, 0.15) is 5.75 Å². The summed E-state index contributed by atoms with van der Waals surface area (Å²) in [6, 6.07) is 13.5. The minimum Gasteiger partial charge on any atom is -0.497 e. The molecule has 18 heavy (non-hydrogen) atoms. The third-order valence-corrected chi connectivity index (χ3v) is 2.53. The monoisotopic (exact) mass is 244 g/mol. The largest absolute Gasteiger partial charge is 0.497 e. The summed E-state index contributed by atoms with van der Waals surface area (Å²) in [5.41, 5.74) is 1.93. The Morgan fingerprint density at radius 1 is 1.06 bits per heavy atom. The number of nitrogens with one attached hydrogen (secondary N) is 1. The second-order valence-electron chi connectivity index (χ2n) is 3.76. The highest BCUT2D eigenvalue weighted by Gasteiger charge is 1.99. The Bertz CT molecular complexity index is 467. The zero-order chi connectivity index (χ0) is 12.8. The first-order valence-corrected chi connectivity index (χ1v) is 5.69. The minimum atomic E-state index is 0.625. The number of pyridine rings is 1. The van der Waals surface area contributed by atoms with Crippen LogP contribution in [-0.4, -0.2) is 19.2 Å². The molecule has 94 valence electrons. The van der Waals surface area contributed by atoms with Gasteiger partial charge in [-0.2, -0.15) is 0 Å². The van der Waals surface area contributed by atoms with E-state index in [1.807, 2.05) is 42.5 Å². The lowest BCUT2D eigenvalue weighted by molar-refractivity contribution is 0.396. The van der Waals surface area contributed by atoms with Crippen molar-refractivity contribution in [1.82, 2.24) is 4.98 Å². The second kappa shape index (κ2) is 5.91. The minimum absolute atomic E-state index is 0.625. The van der Waals surface area contributed by atoms with E-state index in [1.54, 1.807) is 14.2 Å². The lowest BCUT2D eigenvalue weighted by Gasteiger charge is -2.08. The maximum Gasteiger partial charge on any atom is 0.213 e. The Labute approximate surface area is 107 Å². The molecule has 1 aromatic carbocycles. The molecule has 2 rings (SSSR count). The molecule has 0 unspecified atom stereocenters. The normalized spacial score (nSPS) is 9.89. The molecule has 0 aliphatic rings. The van der Waals surface area contributed by atoms with Crippen LogP contribution >= 0.6 is 0 Å². The van der Waals surface area contributed by atoms with Gasteiger partial charge in [0.25, 0.3) is 0 Å². The van der Waals surface area contributed by atoms with Crippen LogP contribution in [0.15, 0.2) is 42.5 Å². The third kappa shape index (κ3) is 3.13. The van der Waals surface area contributed by atoms with Gasteiger partial charge >= 0.3 is 0 Å². The molecule has 0 aliphatic carbocycles. The van der Waals surface area contributed by atoms with Crippen molar-refractivity contribution in [1.29, 1.82) is 0 Å². The van der Waals surface area contributed by atoms with Gasteiger partial charge in [-0.05, 0) is 18.2 Å². The molecule has 0 fully saturated rings. The van der Waals surface area contributed by atoms with Gasteiger partial charge in [0.15, 0.2) is 0 Å². The number of anilines is 1. The number of ether oxygens (including phenoxy) is 2. The van der Waals surface area contributed by atoms with Gasteiger partial charge in [0, 0.05) is 17.8 Å². The number of benzene rings is 1. The van der Waals surface area contributed by atoms with Gasteiger partial charge < -0.3 is 14.8 Å². The van der Waals surface area contributed by atoms with Crippen molar-refractivity contribution in [3.05, 3.63) is 48.2 Å². The summed E-state index contributed by atoms with van der Waals surface area (Å²) in [4.78, 5) is 4.33. The number of methoxy groups -OCH3 is 2. The Morgan fingerprint density at radius 3 is 2.67 bits per heavy atom. The Morgan fingerprint density at radius 2 is 1.89 bits per heavy atom. The van der Waals surface area contributed by atoms with E-state index in [1.165, 1.54) is 0 Å². The second-order valence-corrected chi connectivity index (χ2v) is 3.76. The predicted octanol–water partition coefficient (Wildman–Crippen LogP) is 2.71. The van der Waals surface area contributed by atoms with Crippen LogP contribution in [0.5, 0.6) is 11.6 Å². The highest BCUT2D eigenvalue weighted by molar-refractivity contribution is 5.48. The quantitative estimate of drug-likeness (QED) is 0.878. The highest BCUT2D eigenvalue weighted by atomic mass is 16.5. The topological polar surface area (TPSA) is 43.4 Å². The van der Waals surface area contributed by atoms with E-state index in [0.29, 0.717) is 12.4 Å². The van der Waals surface area contributed by atoms with Gasteiger partial charge in [-0.25, -0.2) is 4.98 Å². The summed E-state index contributed by atoms with van der Waals surface area (Å²) in [5.74, 6) is 1.46. The Balaban J connectivity index is 2.01. The Kier molecular flexibility index (Phi) is 4.02. The maximum absolute atomic E-state index is 5.17. The van der Waals surface area contributed by atoms with Crippen LogP contribution in [0, 0.1) is 0 Å². The van der Waals surface area contributed by atoms with Crippen molar-refractivity contribution in [2.24, 2.45) is 0 Å². The van der Waals surface area contributed by atoms with Crippen LogP contribution < -0.4 is 14.8 Å². The number of rotatable bonds is 5. The van der Waals surface area contributed by atoms with Crippen LogP contribution in [0.2, 0.25) is 0 Å². The summed E-state index contributed by atoms with van der Waals surface area (Å²) in [5, 5.41) is 3.29. The molecule has 1 heterocycles. The van der Waals surface area contributed by atoms with Crippen molar-refractivity contribution < 1.29 is 9.47 Å². The fourth-order valence-corrected chi connectivity index (χ4v) is 1.60. The van der Waals surface area contributed by atoms with E-state index in [9.17, 15) is 0 Å². The first-order valence-electron chi connectivity index (χ1n) is 5.69.